The maximum absolute atomic E-state index is 13.2. The smallest absolute Gasteiger partial charge is 0.161 e. The van der Waals surface area contributed by atoms with Crippen LogP contribution in [0, 0.1) is 11.6 Å². The second kappa shape index (κ2) is 4.86. The van der Waals surface area contributed by atoms with Crippen molar-refractivity contribution in [1.82, 2.24) is 20.2 Å². The van der Waals surface area contributed by atoms with Crippen molar-refractivity contribution in [3.63, 3.8) is 0 Å². The van der Waals surface area contributed by atoms with E-state index in [1.165, 1.54) is 0 Å². The molecule has 0 bridgehead atoms. The summed E-state index contributed by atoms with van der Waals surface area (Å²) in [6, 6.07) is 2.40. The molecule has 102 valence electrons. The highest BCUT2D eigenvalue weighted by molar-refractivity contribution is 5.75. The van der Waals surface area contributed by atoms with Gasteiger partial charge in [0.15, 0.2) is 11.6 Å². The van der Waals surface area contributed by atoms with E-state index in [0.717, 1.165) is 44.1 Å². The minimum Gasteiger partial charge on any atom is -0.341 e. The molecule has 0 radical (unpaired) electrons. The Morgan fingerprint density at radius 3 is 2.63 bits per heavy atom. The Morgan fingerprint density at radius 1 is 1.21 bits per heavy atom. The third-order valence-electron chi connectivity index (χ3n) is 3.64. The molecule has 1 aromatic carbocycles. The minimum atomic E-state index is -0.861. The van der Waals surface area contributed by atoms with Crippen molar-refractivity contribution >= 4 is 11.0 Å². The zero-order chi connectivity index (χ0) is 13.4. The summed E-state index contributed by atoms with van der Waals surface area (Å²) in [6.45, 7) is 5.85. The molecule has 0 aliphatic carbocycles. The van der Waals surface area contributed by atoms with E-state index in [-0.39, 0.29) is 6.04 Å². The maximum Gasteiger partial charge on any atom is 0.161 e. The molecule has 6 heteroatoms. The molecule has 4 nitrogen and oxygen atoms in total. The van der Waals surface area contributed by atoms with Crippen LogP contribution in [0.15, 0.2) is 12.1 Å². The van der Waals surface area contributed by atoms with Gasteiger partial charge in [0.25, 0.3) is 0 Å². The van der Waals surface area contributed by atoms with Crippen molar-refractivity contribution in [1.29, 1.82) is 0 Å². The van der Waals surface area contributed by atoms with Crippen molar-refractivity contribution in [2.24, 2.45) is 0 Å². The standard InChI is InChI=1S/C13H16F2N4/c1-8(19-4-2-16-3-5-19)13-17-11-6-9(14)10(15)7-12(11)18-13/h6-8,16H,2-5H2,1H3,(H,17,18). The largest absolute Gasteiger partial charge is 0.341 e. The van der Waals surface area contributed by atoms with Crippen molar-refractivity contribution in [2.75, 3.05) is 26.2 Å². The number of H-pyrrole nitrogens is 1. The van der Waals surface area contributed by atoms with Gasteiger partial charge in [0.05, 0.1) is 17.1 Å². The van der Waals surface area contributed by atoms with Crippen molar-refractivity contribution in [3.05, 3.63) is 29.6 Å². The normalized spacial score (nSPS) is 18.9. The van der Waals surface area contributed by atoms with Crippen LogP contribution in [0.3, 0.4) is 0 Å². The summed E-state index contributed by atoms with van der Waals surface area (Å²) < 4.78 is 26.3. The lowest BCUT2D eigenvalue weighted by atomic mass is 10.2. The SMILES string of the molecule is CC(c1nc2cc(F)c(F)cc2[nH]1)N1CCNCC1. The van der Waals surface area contributed by atoms with Gasteiger partial charge < -0.3 is 10.3 Å². The van der Waals surface area contributed by atoms with E-state index in [1.54, 1.807) is 0 Å². The van der Waals surface area contributed by atoms with Crippen LogP contribution < -0.4 is 5.32 Å². The molecule has 1 aromatic heterocycles. The second-order valence-corrected chi connectivity index (χ2v) is 4.87. The van der Waals surface area contributed by atoms with E-state index in [2.05, 4.69) is 27.1 Å². The Hall–Kier alpha value is -1.53. The van der Waals surface area contributed by atoms with Crippen LogP contribution >= 0.6 is 0 Å². The van der Waals surface area contributed by atoms with Gasteiger partial charge in [-0.15, -0.1) is 0 Å². The lowest BCUT2D eigenvalue weighted by Gasteiger charge is -2.31. The van der Waals surface area contributed by atoms with Crippen LogP contribution in [-0.2, 0) is 0 Å². The Morgan fingerprint density at radius 2 is 1.89 bits per heavy atom. The van der Waals surface area contributed by atoms with Crippen molar-refractivity contribution in [3.8, 4) is 0 Å². The molecule has 0 spiro atoms. The summed E-state index contributed by atoms with van der Waals surface area (Å²) >= 11 is 0. The summed E-state index contributed by atoms with van der Waals surface area (Å²) in [5, 5.41) is 3.29. The van der Waals surface area contributed by atoms with Crippen LogP contribution in [0.4, 0.5) is 8.78 Å². The molecule has 1 unspecified atom stereocenters. The van der Waals surface area contributed by atoms with E-state index in [9.17, 15) is 8.78 Å². The highest BCUT2D eigenvalue weighted by atomic mass is 19.2. The van der Waals surface area contributed by atoms with Crippen LogP contribution in [0.5, 0.6) is 0 Å². The molecule has 1 fully saturated rings. The molecule has 1 aliphatic rings. The van der Waals surface area contributed by atoms with E-state index >= 15 is 0 Å². The fraction of sp³-hybridized carbons (Fsp3) is 0.462. The third-order valence-corrected chi connectivity index (χ3v) is 3.64. The van der Waals surface area contributed by atoms with Gasteiger partial charge in [-0.3, -0.25) is 4.90 Å². The summed E-state index contributed by atoms with van der Waals surface area (Å²) in [6.07, 6.45) is 0. The third kappa shape index (κ3) is 2.33. The van der Waals surface area contributed by atoms with E-state index in [4.69, 9.17) is 0 Å². The van der Waals surface area contributed by atoms with Crippen molar-refractivity contribution < 1.29 is 8.78 Å². The Balaban J connectivity index is 1.91. The molecule has 19 heavy (non-hydrogen) atoms. The number of nitrogens with zero attached hydrogens (tertiary/aromatic N) is 2. The van der Waals surface area contributed by atoms with E-state index in [0.29, 0.717) is 11.0 Å². The first kappa shape index (κ1) is 12.5. The number of nitrogens with one attached hydrogen (secondary N) is 2. The molecule has 3 rings (SSSR count). The van der Waals surface area contributed by atoms with Gasteiger partial charge in [0.2, 0.25) is 0 Å². The van der Waals surface area contributed by atoms with E-state index in [1.807, 2.05) is 0 Å². The minimum absolute atomic E-state index is 0.112. The maximum atomic E-state index is 13.2. The molecule has 0 amide bonds. The summed E-state index contributed by atoms with van der Waals surface area (Å²) in [7, 11) is 0. The number of rotatable bonds is 2. The number of imidazole rings is 1. The number of aromatic amines is 1. The number of aromatic nitrogens is 2. The Labute approximate surface area is 109 Å². The first-order valence-corrected chi connectivity index (χ1v) is 6.44. The van der Waals surface area contributed by atoms with Crippen molar-refractivity contribution in [2.45, 2.75) is 13.0 Å². The van der Waals surface area contributed by atoms with Crippen LogP contribution in [0.1, 0.15) is 18.8 Å². The van der Waals surface area contributed by atoms with Gasteiger partial charge >= 0.3 is 0 Å². The highest BCUT2D eigenvalue weighted by Gasteiger charge is 2.21. The molecule has 2 heterocycles. The number of piperazine rings is 1. The average molecular weight is 266 g/mol. The van der Waals surface area contributed by atoms with Crippen LogP contribution in [0.2, 0.25) is 0 Å². The first-order valence-electron chi connectivity index (χ1n) is 6.44. The quantitative estimate of drug-likeness (QED) is 0.871. The lowest BCUT2D eigenvalue weighted by molar-refractivity contribution is 0.180. The molecular formula is C13H16F2N4. The van der Waals surface area contributed by atoms with Gasteiger partial charge in [0, 0.05) is 38.3 Å². The molecule has 2 N–H and O–H groups in total. The summed E-state index contributed by atoms with van der Waals surface area (Å²) in [5.41, 5.74) is 1.01. The molecule has 0 saturated carbocycles. The molecular weight excluding hydrogens is 250 g/mol. The van der Waals surface area contributed by atoms with Gasteiger partial charge in [-0.1, -0.05) is 0 Å². The number of halogens is 2. The fourth-order valence-corrected chi connectivity index (χ4v) is 2.46. The topological polar surface area (TPSA) is 44.0 Å². The predicted molar refractivity (Wildman–Crippen MR) is 68.9 cm³/mol. The van der Waals surface area contributed by atoms with E-state index < -0.39 is 11.6 Å². The summed E-state index contributed by atoms with van der Waals surface area (Å²) in [5.74, 6) is -0.959. The molecule has 1 aliphatic heterocycles. The average Bonchev–Trinajstić information content (AvgIpc) is 2.82. The number of hydrogen-bond donors (Lipinski definition) is 2. The predicted octanol–water partition coefficient (Wildman–Crippen LogP) is 1.81. The second-order valence-electron chi connectivity index (χ2n) is 4.87. The van der Waals surface area contributed by atoms with Crippen LogP contribution in [-0.4, -0.2) is 41.0 Å². The van der Waals surface area contributed by atoms with Gasteiger partial charge in [-0.2, -0.15) is 0 Å². The van der Waals surface area contributed by atoms with Crippen LogP contribution in [0.25, 0.3) is 11.0 Å². The number of benzene rings is 1. The fourth-order valence-electron chi connectivity index (χ4n) is 2.46. The molecule has 1 atom stereocenters. The Bertz CT molecular complexity index is 551. The van der Waals surface area contributed by atoms with Gasteiger partial charge in [-0.25, -0.2) is 13.8 Å². The number of fused-ring (bicyclic) bond motifs is 1. The zero-order valence-electron chi connectivity index (χ0n) is 10.7. The van der Waals surface area contributed by atoms with Gasteiger partial charge in [0.1, 0.15) is 5.82 Å². The number of hydrogen-bond acceptors (Lipinski definition) is 3. The zero-order valence-corrected chi connectivity index (χ0v) is 10.7. The van der Waals surface area contributed by atoms with Gasteiger partial charge in [-0.05, 0) is 6.92 Å². The first-order chi connectivity index (χ1) is 9.15. The lowest BCUT2D eigenvalue weighted by Crippen LogP contribution is -2.44. The summed E-state index contributed by atoms with van der Waals surface area (Å²) in [4.78, 5) is 9.74. The molecule has 1 saturated heterocycles. The Kier molecular flexibility index (Phi) is 3.20. The highest BCUT2D eigenvalue weighted by Crippen LogP contribution is 2.22. The molecule has 2 aromatic rings. The monoisotopic (exact) mass is 266 g/mol.